The predicted molar refractivity (Wildman–Crippen MR) is 49.8 cm³/mol. The van der Waals surface area contributed by atoms with Crippen molar-refractivity contribution in [3.63, 3.8) is 0 Å². The lowest BCUT2D eigenvalue weighted by Crippen LogP contribution is -2.06. The van der Waals surface area contributed by atoms with Crippen molar-refractivity contribution in [1.29, 1.82) is 0 Å². The van der Waals surface area contributed by atoms with Gasteiger partial charge >= 0.3 is 0 Å². The Balaban J connectivity index is 1.90. The van der Waals surface area contributed by atoms with Gasteiger partial charge in [-0.05, 0) is 6.42 Å². The van der Waals surface area contributed by atoms with Crippen LogP contribution >= 0.6 is 0 Å². The first kappa shape index (κ1) is 10.1. The maximum absolute atomic E-state index is 5.32. The van der Waals surface area contributed by atoms with Crippen LogP contribution in [0, 0.1) is 0 Å². The number of aromatic amines is 1. The molecule has 0 saturated heterocycles. The van der Waals surface area contributed by atoms with Crippen molar-refractivity contribution in [2.45, 2.75) is 19.8 Å². The van der Waals surface area contributed by atoms with Gasteiger partial charge in [-0.25, -0.2) is 0 Å². The molecule has 1 rings (SSSR count). The largest absolute Gasteiger partial charge is 0.488 e. The Labute approximate surface area is 78.2 Å². The van der Waals surface area contributed by atoms with Crippen LogP contribution in [-0.2, 0) is 4.74 Å². The maximum Gasteiger partial charge on any atom is 0.157 e. The van der Waals surface area contributed by atoms with E-state index in [0.29, 0.717) is 13.2 Å². The summed E-state index contributed by atoms with van der Waals surface area (Å²) < 4.78 is 10.6. The SMILES string of the molecule is CCCCOCCOc1cn[nH]c1. The van der Waals surface area contributed by atoms with E-state index in [0.717, 1.165) is 18.8 Å². The van der Waals surface area contributed by atoms with Gasteiger partial charge in [0.1, 0.15) is 6.61 Å². The number of unbranched alkanes of at least 4 members (excludes halogenated alkanes) is 1. The summed E-state index contributed by atoms with van der Waals surface area (Å²) in [4.78, 5) is 0. The molecule has 1 aromatic heterocycles. The van der Waals surface area contributed by atoms with Crippen LogP contribution in [0.1, 0.15) is 19.8 Å². The van der Waals surface area contributed by atoms with E-state index >= 15 is 0 Å². The van der Waals surface area contributed by atoms with Gasteiger partial charge in [0.05, 0.1) is 19.0 Å². The number of aromatic nitrogens is 2. The van der Waals surface area contributed by atoms with E-state index in [9.17, 15) is 0 Å². The van der Waals surface area contributed by atoms with Gasteiger partial charge in [0.15, 0.2) is 5.75 Å². The molecule has 0 aliphatic carbocycles. The summed E-state index contributed by atoms with van der Waals surface area (Å²) in [6.07, 6.45) is 5.65. The topological polar surface area (TPSA) is 47.1 Å². The van der Waals surface area contributed by atoms with Crippen LogP contribution in [0.15, 0.2) is 12.4 Å². The van der Waals surface area contributed by atoms with Gasteiger partial charge in [-0.1, -0.05) is 13.3 Å². The normalized spacial score (nSPS) is 10.2. The zero-order chi connectivity index (χ0) is 9.36. The molecule has 4 heteroatoms. The molecule has 0 aliphatic rings. The number of H-pyrrole nitrogens is 1. The molecule has 0 spiro atoms. The van der Waals surface area contributed by atoms with Gasteiger partial charge in [-0.3, -0.25) is 5.10 Å². The maximum atomic E-state index is 5.32. The Morgan fingerprint density at radius 2 is 2.31 bits per heavy atom. The van der Waals surface area contributed by atoms with Crippen LogP contribution in [0.2, 0.25) is 0 Å². The van der Waals surface area contributed by atoms with Gasteiger partial charge in [-0.15, -0.1) is 0 Å². The average molecular weight is 184 g/mol. The summed E-state index contributed by atoms with van der Waals surface area (Å²) in [7, 11) is 0. The van der Waals surface area contributed by atoms with Crippen LogP contribution in [-0.4, -0.2) is 30.0 Å². The third kappa shape index (κ3) is 4.52. The highest BCUT2D eigenvalue weighted by molar-refractivity contribution is 5.09. The summed E-state index contributed by atoms with van der Waals surface area (Å²) in [6.45, 7) is 4.20. The molecular formula is C9H16N2O2. The minimum Gasteiger partial charge on any atom is -0.488 e. The Kier molecular flexibility index (Phi) is 5.01. The third-order valence-corrected chi connectivity index (χ3v) is 1.61. The van der Waals surface area contributed by atoms with Crippen LogP contribution in [0.4, 0.5) is 0 Å². The molecule has 0 unspecified atom stereocenters. The molecule has 0 amide bonds. The molecule has 0 bridgehead atoms. The second-order valence-electron chi connectivity index (χ2n) is 2.75. The number of nitrogens with zero attached hydrogens (tertiary/aromatic N) is 1. The first-order valence-electron chi connectivity index (χ1n) is 4.63. The summed E-state index contributed by atoms with van der Waals surface area (Å²) in [5, 5.41) is 6.43. The lowest BCUT2D eigenvalue weighted by Gasteiger charge is -2.03. The summed E-state index contributed by atoms with van der Waals surface area (Å²) in [6, 6.07) is 0. The Hall–Kier alpha value is -1.03. The van der Waals surface area contributed by atoms with Gasteiger partial charge in [0.2, 0.25) is 0 Å². The molecule has 1 N–H and O–H groups in total. The van der Waals surface area contributed by atoms with E-state index in [2.05, 4.69) is 17.1 Å². The number of rotatable bonds is 7. The van der Waals surface area contributed by atoms with Crippen LogP contribution in [0.3, 0.4) is 0 Å². The second-order valence-corrected chi connectivity index (χ2v) is 2.75. The van der Waals surface area contributed by atoms with Gasteiger partial charge in [0, 0.05) is 6.61 Å². The molecule has 0 fully saturated rings. The van der Waals surface area contributed by atoms with Crippen LogP contribution in [0.25, 0.3) is 0 Å². The fourth-order valence-corrected chi connectivity index (χ4v) is 0.885. The first-order valence-corrected chi connectivity index (χ1v) is 4.63. The lowest BCUT2D eigenvalue weighted by molar-refractivity contribution is 0.0981. The smallest absolute Gasteiger partial charge is 0.157 e. The van der Waals surface area contributed by atoms with E-state index in [4.69, 9.17) is 9.47 Å². The molecule has 74 valence electrons. The predicted octanol–water partition coefficient (Wildman–Crippen LogP) is 1.61. The minimum absolute atomic E-state index is 0.587. The van der Waals surface area contributed by atoms with Crippen molar-refractivity contribution >= 4 is 0 Å². The molecule has 13 heavy (non-hydrogen) atoms. The fraction of sp³-hybridized carbons (Fsp3) is 0.667. The number of hydrogen-bond donors (Lipinski definition) is 1. The molecule has 0 radical (unpaired) electrons. The standard InChI is InChI=1S/C9H16N2O2/c1-2-3-4-12-5-6-13-9-7-10-11-8-9/h7-8H,2-6H2,1H3,(H,10,11). The highest BCUT2D eigenvalue weighted by Gasteiger charge is 1.93. The van der Waals surface area contributed by atoms with E-state index in [1.54, 1.807) is 12.4 Å². The van der Waals surface area contributed by atoms with E-state index in [-0.39, 0.29) is 0 Å². The highest BCUT2D eigenvalue weighted by atomic mass is 16.5. The zero-order valence-corrected chi connectivity index (χ0v) is 7.95. The van der Waals surface area contributed by atoms with Crippen molar-refractivity contribution in [3.8, 4) is 5.75 Å². The molecule has 0 atom stereocenters. The van der Waals surface area contributed by atoms with E-state index in [1.165, 1.54) is 6.42 Å². The van der Waals surface area contributed by atoms with Crippen molar-refractivity contribution < 1.29 is 9.47 Å². The van der Waals surface area contributed by atoms with E-state index < -0.39 is 0 Å². The Morgan fingerprint density at radius 1 is 1.38 bits per heavy atom. The zero-order valence-electron chi connectivity index (χ0n) is 7.95. The highest BCUT2D eigenvalue weighted by Crippen LogP contribution is 2.03. The number of nitrogens with one attached hydrogen (secondary N) is 1. The summed E-state index contributed by atoms with van der Waals surface area (Å²) in [5.74, 6) is 0.763. The van der Waals surface area contributed by atoms with Crippen molar-refractivity contribution in [2.24, 2.45) is 0 Å². The molecule has 0 aromatic carbocycles. The molecule has 4 nitrogen and oxygen atoms in total. The Morgan fingerprint density at radius 3 is 3.00 bits per heavy atom. The molecule has 1 heterocycles. The number of ether oxygens (including phenoxy) is 2. The third-order valence-electron chi connectivity index (χ3n) is 1.61. The number of hydrogen-bond acceptors (Lipinski definition) is 3. The lowest BCUT2D eigenvalue weighted by atomic mass is 10.4. The minimum atomic E-state index is 0.587. The van der Waals surface area contributed by atoms with Gasteiger partial charge < -0.3 is 9.47 Å². The first-order chi connectivity index (χ1) is 6.43. The molecule has 0 aliphatic heterocycles. The monoisotopic (exact) mass is 184 g/mol. The van der Waals surface area contributed by atoms with Gasteiger partial charge in [0.25, 0.3) is 0 Å². The molecule has 1 aromatic rings. The second kappa shape index (κ2) is 6.48. The summed E-state index contributed by atoms with van der Waals surface area (Å²) in [5.41, 5.74) is 0. The van der Waals surface area contributed by atoms with Crippen LogP contribution < -0.4 is 4.74 Å². The molecular weight excluding hydrogens is 168 g/mol. The van der Waals surface area contributed by atoms with Gasteiger partial charge in [-0.2, -0.15) is 5.10 Å². The van der Waals surface area contributed by atoms with Crippen molar-refractivity contribution in [3.05, 3.63) is 12.4 Å². The van der Waals surface area contributed by atoms with E-state index in [1.807, 2.05) is 0 Å². The van der Waals surface area contributed by atoms with Crippen LogP contribution in [0.5, 0.6) is 5.75 Å². The van der Waals surface area contributed by atoms with Crippen molar-refractivity contribution in [1.82, 2.24) is 10.2 Å². The fourth-order valence-electron chi connectivity index (χ4n) is 0.885. The average Bonchev–Trinajstić information content (AvgIpc) is 2.63. The summed E-state index contributed by atoms with van der Waals surface area (Å²) >= 11 is 0. The van der Waals surface area contributed by atoms with Crippen molar-refractivity contribution in [2.75, 3.05) is 19.8 Å². The molecule has 0 saturated carbocycles. The quantitative estimate of drug-likeness (QED) is 0.655. The Bertz CT molecular complexity index is 199.